The molecular formula is C13H19NO5S. The van der Waals surface area contributed by atoms with Crippen molar-refractivity contribution in [1.82, 2.24) is 4.72 Å². The Morgan fingerprint density at radius 3 is 2.55 bits per heavy atom. The number of carboxylic acid groups (broad SMARTS) is 1. The number of benzene rings is 1. The Hall–Kier alpha value is -1.60. The number of sulfonamides is 1. The SMILES string of the molecule is COc1cccc(S(=O)(=O)NCC(C(=O)O)C(C)C)c1. The average Bonchev–Trinajstić information content (AvgIpc) is 2.38. The van der Waals surface area contributed by atoms with Crippen LogP contribution in [0.5, 0.6) is 5.75 Å². The molecule has 6 nitrogen and oxygen atoms in total. The van der Waals surface area contributed by atoms with E-state index in [4.69, 9.17) is 9.84 Å². The lowest BCUT2D eigenvalue weighted by Gasteiger charge is -2.17. The van der Waals surface area contributed by atoms with Gasteiger partial charge in [-0.1, -0.05) is 19.9 Å². The van der Waals surface area contributed by atoms with E-state index < -0.39 is 21.9 Å². The minimum absolute atomic E-state index is 0.0461. The van der Waals surface area contributed by atoms with Crippen LogP contribution in [0, 0.1) is 11.8 Å². The van der Waals surface area contributed by atoms with Gasteiger partial charge in [0, 0.05) is 12.6 Å². The van der Waals surface area contributed by atoms with Gasteiger partial charge in [-0.15, -0.1) is 0 Å². The van der Waals surface area contributed by atoms with Crippen LogP contribution in [0.15, 0.2) is 29.2 Å². The van der Waals surface area contributed by atoms with Gasteiger partial charge in [-0.3, -0.25) is 4.79 Å². The Bertz CT molecular complexity index is 568. The summed E-state index contributed by atoms with van der Waals surface area (Å²) in [5.41, 5.74) is 0. The first-order chi connectivity index (χ1) is 9.27. The number of aliphatic carboxylic acids is 1. The van der Waals surface area contributed by atoms with Crippen molar-refractivity contribution in [3.05, 3.63) is 24.3 Å². The molecule has 1 rings (SSSR count). The normalized spacial score (nSPS) is 13.2. The molecule has 1 atom stereocenters. The maximum atomic E-state index is 12.1. The van der Waals surface area contributed by atoms with Crippen molar-refractivity contribution in [2.75, 3.05) is 13.7 Å². The molecule has 7 heteroatoms. The van der Waals surface area contributed by atoms with Crippen molar-refractivity contribution in [3.63, 3.8) is 0 Å². The summed E-state index contributed by atoms with van der Waals surface area (Å²) >= 11 is 0. The summed E-state index contributed by atoms with van der Waals surface area (Å²) in [5.74, 6) is -1.53. The molecule has 20 heavy (non-hydrogen) atoms. The van der Waals surface area contributed by atoms with Crippen molar-refractivity contribution in [1.29, 1.82) is 0 Å². The highest BCUT2D eigenvalue weighted by atomic mass is 32.2. The zero-order valence-corrected chi connectivity index (χ0v) is 12.5. The molecule has 0 fully saturated rings. The van der Waals surface area contributed by atoms with Gasteiger partial charge in [-0.05, 0) is 18.1 Å². The van der Waals surface area contributed by atoms with Crippen LogP contribution in [0.25, 0.3) is 0 Å². The van der Waals surface area contributed by atoms with E-state index in [1.54, 1.807) is 26.0 Å². The predicted molar refractivity (Wildman–Crippen MR) is 74.1 cm³/mol. The lowest BCUT2D eigenvalue weighted by molar-refractivity contribution is -0.142. The highest BCUT2D eigenvalue weighted by Crippen LogP contribution is 2.17. The molecule has 0 saturated carbocycles. The van der Waals surface area contributed by atoms with Gasteiger partial charge >= 0.3 is 5.97 Å². The van der Waals surface area contributed by atoms with Gasteiger partial charge in [0.25, 0.3) is 0 Å². The molecule has 0 aromatic heterocycles. The summed E-state index contributed by atoms with van der Waals surface area (Å²) in [6.45, 7) is 3.32. The number of rotatable bonds is 7. The Labute approximate surface area is 118 Å². The largest absolute Gasteiger partial charge is 0.497 e. The highest BCUT2D eigenvalue weighted by molar-refractivity contribution is 7.89. The Morgan fingerprint density at radius 2 is 2.05 bits per heavy atom. The minimum Gasteiger partial charge on any atom is -0.497 e. The molecule has 0 spiro atoms. The molecule has 1 aromatic rings. The summed E-state index contributed by atoms with van der Waals surface area (Å²) < 4.78 is 31.5. The quantitative estimate of drug-likeness (QED) is 0.792. The zero-order chi connectivity index (χ0) is 15.3. The fourth-order valence-corrected chi connectivity index (χ4v) is 2.75. The first-order valence-electron chi connectivity index (χ1n) is 6.14. The maximum Gasteiger partial charge on any atom is 0.308 e. The number of hydrogen-bond acceptors (Lipinski definition) is 4. The van der Waals surface area contributed by atoms with Gasteiger partial charge in [-0.25, -0.2) is 13.1 Å². The molecule has 112 valence electrons. The van der Waals surface area contributed by atoms with Crippen molar-refractivity contribution < 1.29 is 23.1 Å². The number of hydrogen-bond donors (Lipinski definition) is 2. The molecule has 1 aromatic carbocycles. The lowest BCUT2D eigenvalue weighted by Crippen LogP contribution is -2.35. The summed E-state index contributed by atoms with van der Waals surface area (Å²) in [4.78, 5) is 11.1. The fourth-order valence-electron chi connectivity index (χ4n) is 1.66. The molecule has 0 heterocycles. The van der Waals surface area contributed by atoms with Gasteiger partial charge in [0.2, 0.25) is 10.0 Å². The van der Waals surface area contributed by atoms with Crippen LogP contribution in [-0.4, -0.2) is 33.1 Å². The second-order valence-electron chi connectivity index (χ2n) is 4.72. The van der Waals surface area contributed by atoms with E-state index >= 15 is 0 Å². The average molecular weight is 301 g/mol. The van der Waals surface area contributed by atoms with E-state index in [1.807, 2.05) is 0 Å². The number of ether oxygens (including phenoxy) is 1. The fraction of sp³-hybridized carbons (Fsp3) is 0.462. The number of carbonyl (C=O) groups is 1. The smallest absolute Gasteiger partial charge is 0.308 e. The van der Waals surface area contributed by atoms with Crippen molar-refractivity contribution in [3.8, 4) is 5.75 Å². The van der Waals surface area contributed by atoms with E-state index in [0.29, 0.717) is 5.75 Å². The second kappa shape index (κ2) is 6.71. The van der Waals surface area contributed by atoms with Gasteiger partial charge in [-0.2, -0.15) is 0 Å². The molecule has 0 saturated heterocycles. The van der Waals surface area contributed by atoms with Crippen LogP contribution in [0.3, 0.4) is 0 Å². The Balaban J connectivity index is 2.86. The molecule has 1 unspecified atom stereocenters. The standard InChI is InChI=1S/C13H19NO5S/c1-9(2)12(13(15)16)8-14-20(17,18)11-6-4-5-10(7-11)19-3/h4-7,9,12,14H,8H2,1-3H3,(H,15,16). The Kier molecular flexibility index (Phi) is 5.52. The Morgan fingerprint density at radius 1 is 1.40 bits per heavy atom. The summed E-state index contributed by atoms with van der Waals surface area (Å²) in [5, 5.41) is 9.04. The molecule has 0 aliphatic rings. The number of carboxylic acids is 1. The van der Waals surface area contributed by atoms with Crippen LogP contribution in [0.4, 0.5) is 0 Å². The van der Waals surface area contributed by atoms with E-state index in [0.717, 1.165) is 0 Å². The van der Waals surface area contributed by atoms with E-state index in [1.165, 1.54) is 19.2 Å². The molecule has 0 bridgehead atoms. The van der Waals surface area contributed by atoms with Crippen LogP contribution >= 0.6 is 0 Å². The molecular weight excluding hydrogens is 282 g/mol. The minimum atomic E-state index is -3.75. The predicted octanol–water partition coefficient (Wildman–Crippen LogP) is 1.33. The third-order valence-corrected chi connectivity index (χ3v) is 4.39. The first kappa shape index (κ1) is 16.5. The lowest BCUT2D eigenvalue weighted by atomic mass is 9.97. The van der Waals surface area contributed by atoms with Gasteiger partial charge in [0.1, 0.15) is 5.75 Å². The molecule has 0 amide bonds. The summed E-state index contributed by atoms with van der Waals surface area (Å²) in [6, 6.07) is 6.00. The first-order valence-corrected chi connectivity index (χ1v) is 7.62. The highest BCUT2D eigenvalue weighted by Gasteiger charge is 2.24. The van der Waals surface area contributed by atoms with E-state index in [-0.39, 0.29) is 17.4 Å². The molecule has 0 aliphatic carbocycles. The van der Waals surface area contributed by atoms with Crippen LogP contribution < -0.4 is 9.46 Å². The van der Waals surface area contributed by atoms with Crippen LogP contribution in [0.1, 0.15) is 13.8 Å². The van der Waals surface area contributed by atoms with Crippen molar-refractivity contribution >= 4 is 16.0 Å². The third-order valence-electron chi connectivity index (χ3n) is 2.97. The maximum absolute atomic E-state index is 12.1. The zero-order valence-electron chi connectivity index (χ0n) is 11.7. The topological polar surface area (TPSA) is 92.7 Å². The molecule has 2 N–H and O–H groups in total. The molecule has 0 radical (unpaired) electrons. The molecule has 0 aliphatic heterocycles. The third kappa shape index (κ3) is 4.21. The monoisotopic (exact) mass is 301 g/mol. The summed E-state index contributed by atoms with van der Waals surface area (Å²) in [7, 11) is -2.31. The van der Waals surface area contributed by atoms with Gasteiger partial charge < -0.3 is 9.84 Å². The van der Waals surface area contributed by atoms with E-state index in [2.05, 4.69) is 4.72 Å². The van der Waals surface area contributed by atoms with Crippen molar-refractivity contribution in [2.45, 2.75) is 18.7 Å². The second-order valence-corrected chi connectivity index (χ2v) is 6.49. The van der Waals surface area contributed by atoms with Crippen LogP contribution in [-0.2, 0) is 14.8 Å². The van der Waals surface area contributed by atoms with Crippen LogP contribution in [0.2, 0.25) is 0 Å². The van der Waals surface area contributed by atoms with Gasteiger partial charge in [0.15, 0.2) is 0 Å². The number of nitrogens with one attached hydrogen (secondary N) is 1. The summed E-state index contributed by atoms with van der Waals surface area (Å²) in [6.07, 6.45) is 0. The van der Waals surface area contributed by atoms with Crippen molar-refractivity contribution in [2.24, 2.45) is 11.8 Å². The number of methoxy groups -OCH3 is 1. The van der Waals surface area contributed by atoms with Gasteiger partial charge in [0.05, 0.1) is 17.9 Å². The van der Waals surface area contributed by atoms with E-state index in [9.17, 15) is 13.2 Å².